The summed E-state index contributed by atoms with van der Waals surface area (Å²) in [6.07, 6.45) is 6.46. The van der Waals surface area contributed by atoms with Crippen molar-refractivity contribution in [3.8, 4) is 0 Å². The topological polar surface area (TPSA) is 45.2 Å². The number of hydrogen-bond acceptors (Lipinski definition) is 3. The van der Waals surface area contributed by atoms with E-state index in [0.29, 0.717) is 11.6 Å². The first-order chi connectivity index (χ1) is 9.20. The highest BCUT2D eigenvalue weighted by Gasteiger charge is 2.19. The molecule has 1 amide bonds. The molecule has 0 spiro atoms. The van der Waals surface area contributed by atoms with Gasteiger partial charge < -0.3 is 10.2 Å². The highest BCUT2D eigenvalue weighted by Crippen LogP contribution is 2.24. The maximum absolute atomic E-state index is 12.3. The summed E-state index contributed by atoms with van der Waals surface area (Å²) in [6.45, 7) is 0.851. The van der Waals surface area contributed by atoms with E-state index < -0.39 is 0 Å². The second-order valence-electron chi connectivity index (χ2n) is 5.35. The lowest BCUT2D eigenvalue weighted by Gasteiger charge is -2.26. The molecule has 1 aromatic rings. The number of nitrogens with one attached hydrogen (secondary N) is 1. The van der Waals surface area contributed by atoms with E-state index in [9.17, 15) is 4.79 Å². The molecule has 19 heavy (non-hydrogen) atoms. The lowest BCUT2D eigenvalue weighted by Crippen LogP contribution is -2.33. The maximum atomic E-state index is 12.3. The second-order valence-corrected chi connectivity index (χ2v) is 5.35. The molecule has 104 valence electrons. The van der Waals surface area contributed by atoms with Gasteiger partial charge in [0.05, 0.1) is 0 Å². The minimum Gasteiger partial charge on any atom is -0.373 e. The number of aromatic nitrogens is 1. The van der Waals surface area contributed by atoms with Gasteiger partial charge in [0.25, 0.3) is 5.91 Å². The minimum absolute atomic E-state index is 0.0164. The first-order valence-corrected chi connectivity index (χ1v) is 7.11. The first kappa shape index (κ1) is 13.8. The van der Waals surface area contributed by atoms with Crippen LogP contribution in [0.25, 0.3) is 0 Å². The highest BCUT2D eigenvalue weighted by molar-refractivity contribution is 5.92. The van der Waals surface area contributed by atoms with Crippen LogP contribution < -0.4 is 5.32 Å². The van der Waals surface area contributed by atoms with E-state index in [-0.39, 0.29) is 5.91 Å². The van der Waals surface area contributed by atoms with Gasteiger partial charge in [-0.2, -0.15) is 0 Å². The van der Waals surface area contributed by atoms with Crippen LogP contribution in [-0.2, 0) is 0 Å². The lowest BCUT2D eigenvalue weighted by atomic mass is 9.89. The average molecular weight is 261 g/mol. The fraction of sp³-hybridized carbons (Fsp3) is 0.600. The quantitative estimate of drug-likeness (QED) is 0.906. The van der Waals surface area contributed by atoms with Crippen molar-refractivity contribution >= 4 is 11.7 Å². The lowest BCUT2D eigenvalue weighted by molar-refractivity contribution is 0.0755. The normalized spacial score (nSPS) is 16.1. The predicted molar refractivity (Wildman–Crippen MR) is 77.3 cm³/mol. The van der Waals surface area contributed by atoms with E-state index in [2.05, 4.69) is 10.3 Å². The standard InChI is InChI=1S/C15H23N3O/c1-16-14-10-6-9-13(17-14)15(19)18(2)11-12-7-4-3-5-8-12/h6,9-10,12H,3-5,7-8,11H2,1-2H3,(H,16,17). The summed E-state index contributed by atoms with van der Waals surface area (Å²) in [5.74, 6) is 1.41. The zero-order valence-electron chi connectivity index (χ0n) is 11.9. The molecular weight excluding hydrogens is 238 g/mol. The molecule has 0 aliphatic heterocycles. The van der Waals surface area contributed by atoms with Crippen molar-refractivity contribution in [2.75, 3.05) is 26.0 Å². The Morgan fingerprint density at radius 3 is 2.79 bits per heavy atom. The number of pyridine rings is 1. The number of nitrogens with zero attached hydrogens (tertiary/aromatic N) is 2. The van der Waals surface area contributed by atoms with Gasteiger partial charge in [0.1, 0.15) is 11.5 Å². The largest absolute Gasteiger partial charge is 0.373 e. The summed E-state index contributed by atoms with van der Waals surface area (Å²) < 4.78 is 0. The van der Waals surface area contributed by atoms with Gasteiger partial charge in [-0.05, 0) is 30.9 Å². The van der Waals surface area contributed by atoms with Gasteiger partial charge in [-0.3, -0.25) is 4.79 Å². The monoisotopic (exact) mass is 261 g/mol. The van der Waals surface area contributed by atoms with Crippen molar-refractivity contribution in [1.29, 1.82) is 0 Å². The summed E-state index contributed by atoms with van der Waals surface area (Å²) in [5.41, 5.74) is 0.519. The van der Waals surface area contributed by atoms with E-state index in [4.69, 9.17) is 0 Å². The van der Waals surface area contributed by atoms with E-state index in [0.717, 1.165) is 12.4 Å². The van der Waals surface area contributed by atoms with Gasteiger partial charge in [0.15, 0.2) is 0 Å². The molecule has 1 aromatic heterocycles. The molecule has 4 heteroatoms. The Hall–Kier alpha value is -1.58. The molecule has 0 aromatic carbocycles. The fourth-order valence-electron chi connectivity index (χ4n) is 2.73. The molecule has 0 saturated heterocycles. The van der Waals surface area contributed by atoms with Crippen LogP contribution in [0.1, 0.15) is 42.6 Å². The predicted octanol–water partition coefficient (Wildman–Crippen LogP) is 2.78. The molecule has 0 atom stereocenters. The van der Waals surface area contributed by atoms with Gasteiger partial charge in [0.2, 0.25) is 0 Å². The molecule has 1 N–H and O–H groups in total. The van der Waals surface area contributed by atoms with Crippen molar-refractivity contribution in [3.63, 3.8) is 0 Å². The summed E-state index contributed by atoms with van der Waals surface area (Å²) in [5, 5.41) is 2.96. The summed E-state index contributed by atoms with van der Waals surface area (Å²) in [4.78, 5) is 18.4. The van der Waals surface area contributed by atoms with E-state index >= 15 is 0 Å². The molecule has 1 aliphatic carbocycles. The van der Waals surface area contributed by atoms with Crippen molar-refractivity contribution < 1.29 is 4.79 Å². The number of amides is 1. The van der Waals surface area contributed by atoms with Crippen molar-refractivity contribution in [3.05, 3.63) is 23.9 Å². The minimum atomic E-state index is 0.0164. The van der Waals surface area contributed by atoms with Gasteiger partial charge in [0, 0.05) is 20.6 Å². The molecule has 1 saturated carbocycles. The first-order valence-electron chi connectivity index (χ1n) is 7.11. The number of rotatable bonds is 4. The Morgan fingerprint density at radius 1 is 1.37 bits per heavy atom. The van der Waals surface area contributed by atoms with Crippen LogP contribution >= 0.6 is 0 Å². The zero-order chi connectivity index (χ0) is 13.7. The average Bonchev–Trinajstić information content (AvgIpc) is 2.47. The van der Waals surface area contributed by atoms with E-state index in [1.165, 1.54) is 32.1 Å². The Balaban J connectivity index is 1.97. The Bertz CT molecular complexity index is 427. The van der Waals surface area contributed by atoms with Gasteiger partial charge in [-0.15, -0.1) is 0 Å². The third-order valence-corrected chi connectivity index (χ3v) is 3.83. The fourth-order valence-corrected chi connectivity index (χ4v) is 2.73. The molecule has 0 radical (unpaired) electrons. The van der Waals surface area contributed by atoms with Gasteiger partial charge in [-0.1, -0.05) is 25.3 Å². The highest BCUT2D eigenvalue weighted by atomic mass is 16.2. The third-order valence-electron chi connectivity index (χ3n) is 3.83. The third kappa shape index (κ3) is 3.69. The second kappa shape index (κ2) is 6.55. The summed E-state index contributed by atoms with van der Waals surface area (Å²) in [6, 6.07) is 5.50. The van der Waals surface area contributed by atoms with Crippen LogP contribution in [0.15, 0.2) is 18.2 Å². The van der Waals surface area contributed by atoms with E-state index in [1.807, 2.05) is 31.1 Å². The van der Waals surface area contributed by atoms with Crippen molar-refractivity contribution in [1.82, 2.24) is 9.88 Å². The number of carbonyl (C=O) groups excluding carboxylic acids is 1. The van der Waals surface area contributed by atoms with Gasteiger partial charge in [-0.25, -0.2) is 4.98 Å². The Morgan fingerprint density at radius 2 is 2.11 bits per heavy atom. The molecular formula is C15H23N3O. The van der Waals surface area contributed by atoms with Crippen LogP contribution in [0.3, 0.4) is 0 Å². The smallest absolute Gasteiger partial charge is 0.272 e. The number of carbonyl (C=O) groups is 1. The molecule has 1 heterocycles. The molecule has 4 nitrogen and oxygen atoms in total. The van der Waals surface area contributed by atoms with E-state index in [1.54, 1.807) is 6.07 Å². The molecule has 0 unspecified atom stereocenters. The molecule has 0 bridgehead atoms. The van der Waals surface area contributed by atoms with Crippen LogP contribution in [0.5, 0.6) is 0 Å². The summed E-state index contributed by atoms with van der Waals surface area (Å²) >= 11 is 0. The van der Waals surface area contributed by atoms with Crippen molar-refractivity contribution in [2.45, 2.75) is 32.1 Å². The van der Waals surface area contributed by atoms with Crippen molar-refractivity contribution in [2.24, 2.45) is 5.92 Å². The molecule has 1 fully saturated rings. The van der Waals surface area contributed by atoms with Gasteiger partial charge >= 0.3 is 0 Å². The maximum Gasteiger partial charge on any atom is 0.272 e. The van der Waals surface area contributed by atoms with Crippen LogP contribution in [0.4, 0.5) is 5.82 Å². The molecule has 1 aliphatic rings. The summed E-state index contributed by atoms with van der Waals surface area (Å²) in [7, 11) is 3.69. The number of hydrogen-bond donors (Lipinski definition) is 1. The Kier molecular flexibility index (Phi) is 4.77. The zero-order valence-corrected chi connectivity index (χ0v) is 11.9. The number of anilines is 1. The molecule has 2 rings (SSSR count). The van der Waals surface area contributed by atoms with Crippen LogP contribution in [0.2, 0.25) is 0 Å². The van der Waals surface area contributed by atoms with Crippen LogP contribution in [-0.4, -0.2) is 36.4 Å². The van der Waals surface area contributed by atoms with Crippen LogP contribution in [0, 0.1) is 5.92 Å². The SMILES string of the molecule is CNc1cccc(C(=O)N(C)CC2CCCCC2)n1. The Labute approximate surface area is 115 Å².